The molecule has 0 aliphatic carbocycles. The van der Waals surface area contributed by atoms with Crippen molar-refractivity contribution in [3.63, 3.8) is 0 Å². The predicted molar refractivity (Wildman–Crippen MR) is 80.4 cm³/mol. The molecule has 2 N–H and O–H groups in total. The van der Waals surface area contributed by atoms with E-state index in [4.69, 9.17) is 9.63 Å². The number of carbonyl (C=O) groups excluding carboxylic acids is 1. The van der Waals surface area contributed by atoms with Gasteiger partial charge in [-0.05, 0) is 19.8 Å². The summed E-state index contributed by atoms with van der Waals surface area (Å²) in [7, 11) is 0. The molecule has 0 bridgehead atoms. The van der Waals surface area contributed by atoms with E-state index in [2.05, 4.69) is 15.5 Å². The lowest BCUT2D eigenvalue weighted by molar-refractivity contribution is -0.147. The average molecular weight is 311 g/mol. The lowest BCUT2D eigenvalue weighted by Gasteiger charge is -2.24. The van der Waals surface area contributed by atoms with Crippen molar-refractivity contribution in [3.05, 3.63) is 11.7 Å². The Morgan fingerprint density at radius 1 is 1.27 bits per heavy atom. The summed E-state index contributed by atoms with van der Waals surface area (Å²) in [4.78, 5) is 27.3. The van der Waals surface area contributed by atoms with Gasteiger partial charge in [-0.1, -0.05) is 32.9 Å². The van der Waals surface area contributed by atoms with Crippen LogP contribution in [-0.4, -0.2) is 32.7 Å². The Morgan fingerprint density at radius 2 is 1.91 bits per heavy atom. The van der Waals surface area contributed by atoms with Gasteiger partial charge in [0.2, 0.25) is 11.8 Å². The molecule has 0 radical (unpaired) electrons. The standard InChI is InChI=1S/C15H25N3O4/c1-6-15(5,13(20)21)17-10(19)8-7-9-11-16-12(18-22-11)14(2,3)4/h6-9H2,1-5H3,(H,17,19)(H,20,21). The number of nitrogens with one attached hydrogen (secondary N) is 1. The van der Waals surface area contributed by atoms with Crippen LogP contribution in [0.15, 0.2) is 4.52 Å². The summed E-state index contributed by atoms with van der Waals surface area (Å²) in [5.74, 6) is -0.192. The minimum Gasteiger partial charge on any atom is -0.480 e. The van der Waals surface area contributed by atoms with Crippen LogP contribution in [0.2, 0.25) is 0 Å². The van der Waals surface area contributed by atoms with E-state index in [0.29, 0.717) is 31.0 Å². The maximum Gasteiger partial charge on any atom is 0.329 e. The van der Waals surface area contributed by atoms with Gasteiger partial charge in [-0.3, -0.25) is 4.79 Å². The van der Waals surface area contributed by atoms with E-state index in [1.165, 1.54) is 6.92 Å². The van der Waals surface area contributed by atoms with Gasteiger partial charge in [-0.25, -0.2) is 4.79 Å². The molecular formula is C15H25N3O4. The summed E-state index contributed by atoms with van der Waals surface area (Å²) in [5.41, 5.74) is -1.40. The van der Waals surface area contributed by atoms with Crippen molar-refractivity contribution >= 4 is 11.9 Å². The minimum absolute atomic E-state index is 0.177. The molecule has 0 aromatic carbocycles. The van der Waals surface area contributed by atoms with Gasteiger partial charge in [-0.2, -0.15) is 4.98 Å². The van der Waals surface area contributed by atoms with E-state index in [0.717, 1.165) is 0 Å². The summed E-state index contributed by atoms with van der Waals surface area (Å²) in [5, 5.41) is 15.6. The second-order valence-corrected chi connectivity index (χ2v) is 6.65. The highest BCUT2D eigenvalue weighted by molar-refractivity contribution is 5.86. The summed E-state index contributed by atoms with van der Waals surface area (Å²) < 4.78 is 5.15. The third-order valence-electron chi connectivity index (χ3n) is 3.53. The Morgan fingerprint density at radius 3 is 2.36 bits per heavy atom. The molecule has 1 aromatic heterocycles. The average Bonchev–Trinajstić information content (AvgIpc) is 2.87. The van der Waals surface area contributed by atoms with E-state index < -0.39 is 11.5 Å². The Kier molecular flexibility index (Phi) is 5.68. The van der Waals surface area contributed by atoms with Gasteiger partial charge < -0.3 is 14.9 Å². The van der Waals surface area contributed by atoms with Crippen LogP contribution in [0.25, 0.3) is 0 Å². The van der Waals surface area contributed by atoms with Gasteiger partial charge in [0.1, 0.15) is 5.54 Å². The number of rotatable bonds is 7. The molecule has 0 saturated carbocycles. The summed E-state index contributed by atoms with van der Waals surface area (Å²) in [6, 6.07) is 0. The van der Waals surface area contributed by atoms with Crippen molar-refractivity contribution in [1.82, 2.24) is 15.5 Å². The van der Waals surface area contributed by atoms with Gasteiger partial charge in [0.15, 0.2) is 5.82 Å². The number of aliphatic carboxylic acids is 1. The lowest BCUT2D eigenvalue weighted by atomic mass is 9.96. The number of hydrogen-bond acceptors (Lipinski definition) is 5. The van der Waals surface area contributed by atoms with Crippen LogP contribution < -0.4 is 5.32 Å². The second kappa shape index (κ2) is 6.89. The van der Waals surface area contributed by atoms with Gasteiger partial charge >= 0.3 is 5.97 Å². The summed E-state index contributed by atoms with van der Waals surface area (Å²) >= 11 is 0. The molecule has 1 unspecified atom stereocenters. The number of carboxylic acids is 1. The number of nitrogens with zero attached hydrogens (tertiary/aromatic N) is 2. The summed E-state index contributed by atoms with van der Waals surface area (Å²) in [6.45, 7) is 9.20. The van der Waals surface area contributed by atoms with Crippen LogP contribution in [0, 0.1) is 0 Å². The van der Waals surface area contributed by atoms with Crippen molar-refractivity contribution in [2.75, 3.05) is 0 Å². The van der Waals surface area contributed by atoms with Crippen LogP contribution >= 0.6 is 0 Å². The number of hydrogen-bond donors (Lipinski definition) is 2. The molecular weight excluding hydrogens is 286 g/mol. The van der Waals surface area contributed by atoms with Crippen molar-refractivity contribution in [3.8, 4) is 0 Å². The van der Waals surface area contributed by atoms with Gasteiger partial charge in [0, 0.05) is 18.3 Å². The largest absolute Gasteiger partial charge is 0.480 e. The smallest absolute Gasteiger partial charge is 0.329 e. The predicted octanol–water partition coefficient (Wildman–Crippen LogP) is 2.06. The number of carboxylic acid groups (broad SMARTS) is 1. The summed E-state index contributed by atoms with van der Waals surface area (Å²) in [6.07, 6.45) is 1.56. The van der Waals surface area contributed by atoms with E-state index in [9.17, 15) is 9.59 Å². The minimum atomic E-state index is -1.22. The van der Waals surface area contributed by atoms with Crippen LogP contribution in [-0.2, 0) is 21.4 Å². The molecule has 1 rings (SSSR count). The van der Waals surface area contributed by atoms with Gasteiger partial charge in [-0.15, -0.1) is 0 Å². The fourth-order valence-corrected chi connectivity index (χ4v) is 1.72. The van der Waals surface area contributed by atoms with Crippen molar-refractivity contribution in [2.24, 2.45) is 0 Å². The van der Waals surface area contributed by atoms with Crippen LogP contribution in [0.1, 0.15) is 65.6 Å². The SMILES string of the molecule is CCC(C)(NC(=O)CCCc1nc(C(C)(C)C)no1)C(=O)O. The lowest BCUT2D eigenvalue weighted by Crippen LogP contribution is -2.51. The zero-order valence-corrected chi connectivity index (χ0v) is 13.9. The van der Waals surface area contributed by atoms with Crippen molar-refractivity contribution in [1.29, 1.82) is 0 Å². The van der Waals surface area contributed by atoms with Crippen LogP contribution in [0.3, 0.4) is 0 Å². The molecule has 1 atom stereocenters. The maximum atomic E-state index is 11.8. The quantitative estimate of drug-likeness (QED) is 0.798. The van der Waals surface area contributed by atoms with Crippen molar-refractivity contribution in [2.45, 2.75) is 71.3 Å². The van der Waals surface area contributed by atoms with Gasteiger partial charge in [0.05, 0.1) is 0 Å². The highest BCUT2D eigenvalue weighted by atomic mass is 16.5. The molecule has 0 fully saturated rings. The number of aryl methyl sites for hydroxylation is 1. The molecule has 7 nitrogen and oxygen atoms in total. The second-order valence-electron chi connectivity index (χ2n) is 6.65. The first-order valence-corrected chi connectivity index (χ1v) is 7.46. The first-order chi connectivity index (χ1) is 10.1. The highest BCUT2D eigenvalue weighted by Gasteiger charge is 2.32. The molecule has 0 aliphatic rings. The molecule has 124 valence electrons. The first kappa shape index (κ1) is 18.1. The Hall–Kier alpha value is -1.92. The Labute approximate surface area is 130 Å². The van der Waals surface area contributed by atoms with Crippen molar-refractivity contribution < 1.29 is 19.2 Å². The fraction of sp³-hybridized carbons (Fsp3) is 0.733. The third-order valence-corrected chi connectivity index (χ3v) is 3.53. The normalized spacial score (nSPS) is 14.4. The number of aromatic nitrogens is 2. The molecule has 0 saturated heterocycles. The molecule has 0 spiro atoms. The van der Waals surface area contributed by atoms with Crippen LogP contribution in [0.4, 0.5) is 0 Å². The molecule has 7 heteroatoms. The molecule has 1 amide bonds. The van der Waals surface area contributed by atoms with Gasteiger partial charge in [0.25, 0.3) is 0 Å². The van der Waals surface area contributed by atoms with Crippen LogP contribution in [0.5, 0.6) is 0 Å². The zero-order chi connectivity index (χ0) is 17.0. The maximum absolute atomic E-state index is 11.8. The number of amides is 1. The highest BCUT2D eigenvalue weighted by Crippen LogP contribution is 2.19. The monoisotopic (exact) mass is 311 g/mol. The molecule has 0 aliphatic heterocycles. The van der Waals surface area contributed by atoms with E-state index in [-0.39, 0.29) is 17.7 Å². The first-order valence-electron chi connectivity index (χ1n) is 7.46. The van der Waals surface area contributed by atoms with E-state index >= 15 is 0 Å². The third kappa shape index (κ3) is 4.82. The number of carbonyl (C=O) groups is 2. The fourth-order valence-electron chi connectivity index (χ4n) is 1.72. The topological polar surface area (TPSA) is 105 Å². The Bertz CT molecular complexity index is 533. The molecule has 22 heavy (non-hydrogen) atoms. The molecule has 1 heterocycles. The zero-order valence-electron chi connectivity index (χ0n) is 13.9. The Balaban J connectivity index is 2.46. The van der Waals surface area contributed by atoms with E-state index in [1.54, 1.807) is 6.92 Å². The van der Waals surface area contributed by atoms with E-state index in [1.807, 2.05) is 20.8 Å². The molecule has 1 aromatic rings.